The number of thiocarbonyl (C=S) groups is 1. The second-order valence-corrected chi connectivity index (χ2v) is 5.11. The lowest BCUT2D eigenvalue weighted by atomic mass is 10.1. The van der Waals surface area contributed by atoms with Gasteiger partial charge in [0.1, 0.15) is 4.99 Å². The highest BCUT2D eigenvalue weighted by Gasteiger charge is 2.04. The van der Waals surface area contributed by atoms with Crippen LogP contribution in [0.3, 0.4) is 0 Å². The minimum atomic E-state index is 0.455. The summed E-state index contributed by atoms with van der Waals surface area (Å²) in [6.07, 6.45) is 3.26. The standard InChI is InChI=1S/C12H18N2S2/c1-9-4-5-11(10(8-9)12(13)15)14-6-3-7-16-2/h4-5,8,14H,3,6-7H2,1-2H3,(H2,13,15). The Hall–Kier alpha value is -0.740. The maximum absolute atomic E-state index is 5.70. The number of aryl methyl sites for hydroxylation is 1. The fraction of sp³-hybridized carbons (Fsp3) is 0.417. The summed E-state index contributed by atoms with van der Waals surface area (Å²) < 4.78 is 0. The molecule has 0 unspecified atom stereocenters. The van der Waals surface area contributed by atoms with Gasteiger partial charge < -0.3 is 11.1 Å². The first-order valence-corrected chi connectivity index (χ1v) is 7.08. The summed E-state index contributed by atoms with van der Waals surface area (Å²) in [5.74, 6) is 1.17. The number of hydrogen-bond donors (Lipinski definition) is 2. The lowest BCUT2D eigenvalue weighted by molar-refractivity contribution is 0.992. The van der Waals surface area contributed by atoms with E-state index >= 15 is 0 Å². The van der Waals surface area contributed by atoms with Crippen molar-refractivity contribution in [3.05, 3.63) is 29.3 Å². The summed E-state index contributed by atoms with van der Waals surface area (Å²) in [6, 6.07) is 6.14. The molecule has 0 aliphatic rings. The number of thioether (sulfide) groups is 1. The maximum Gasteiger partial charge on any atom is 0.106 e. The van der Waals surface area contributed by atoms with Crippen LogP contribution >= 0.6 is 24.0 Å². The zero-order valence-electron chi connectivity index (χ0n) is 9.75. The van der Waals surface area contributed by atoms with Gasteiger partial charge in [0.2, 0.25) is 0 Å². The highest BCUT2D eigenvalue weighted by Crippen LogP contribution is 2.17. The zero-order chi connectivity index (χ0) is 12.0. The molecule has 1 rings (SSSR count). The van der Waals surface area contributed by atoms with Gasteiger partial charge in [-0.2, -0.15) is 11.8 Å². The van der Waals surface area contributed by atoms with Crippen molar-refractivity contribution in [1.29, 1.82) is 0 Å². The van der Waals surface area contributed by atoms with Crippen molar-refractivity contribution in [1.82, 2.24) is 0 Å². The van der Waals surface area contributed by atoms with Crippen LogP contribution in [0.15, 0.2) is 18.2 Å². The van der Waals surface area contributed by atoms with Crippen molar-refractivity contribution >= 4 is 34.7 Å². The van der Waals surface area contributed by atoms with Crippen LogP contribution in [-0.2, 0) is 0 Å². The van der Waals surface area contributed by atoms with E-state index < -0.39 is 0 Å². The van der Waals surface area contributed by atoms with Crippen molar-refractivity contribution < 1.29 is 0 Å². The zero-order valence-corrected chi connectivity index (χ0v) is 11.4. The van der Waals surface area contributed by atoms with E-state index in [1.165, 1.54) is 11.3 Å². The van der Waals surface area contributed by atoms with Crippen LogP contribution in [0.1, 0.15) is 17.5 Å². The molecule has 1 aromatic carbocycles. The van der Waals surface area contributed by atoms with E-state index in [1.807, 2.05) is 30.8 Å². The first kappa shape index (κ1) is 13.3. The Kier molecular flexibility index (Phi) is 5.63. The number of hydrogen-bond acceptors (Lipinski definition) is 3. The van der Waals surface area contributed by atoms with Crippen LogP contribution < -0.4 is 11.1 Å². The average molecular weight is 254 g/mol. The molecule has 0 aliphatic heterocycles. The lowest BCUT2D eigenvalue weighted by Crippen LogP contribution is -2.14. The van der Waals surface area contributed by atoms with E-state index in [1.54, 1.807) is 0 Å². The van der Waals surface area contributed by atoms with E-state index in [9.17, 15) is 0 Å². The molecule has 0 amide bonds. The van der Waals surface area contributed by atoms with E-state index in [2.05, 4.69) is 17.6 Å². The Morgan fingerprint density at radius 1 is 1.50 bits per heavy atom. The Bertz CT molecular complexity index is 364. The molecule has 88 valence electrons. The van der Waals surface area contributed by atoms with Gasteiger partial charge >= 0.3 is 0 Å². The van der Waals surface area contributed by atoms with Gasteiger partial charge in [-0.3, -0.25) is 0 Å². The van der Waals surface area contributed by atoms with Gasteiger partial charge in [-0.25, -0.2) is 0 Å². The molecule has 16 heavy (non-hydrogen) atoms. The molecule has 2 nitrogen and oxygen atoms in total. The molecule has 0 bridgehead atoms. The van der Waals surface area contributed by atoms with Crippen molar-refractivity contribution in [2.24, 2.45) is 5.73 Å². The third kappa shape index (κ3) is 4.02. The normalized spacial score (nSPS) is 10.1. The van der Waals surface area contributed by atoms with E-state index in [0.717, 1.165) is 24.2 Å². The van der Waals surface area contributed by atoms with Gasteiger partial charge in [-0.1, -0.05) is 23.8 Å². The highest BCUT2D eigenvalue weighted by molar-refractivity contribution is 7.98. The summed E-state index contributed by atoms with van der Waals surface area (Å²) in [5.41, 5.74) is 8.86. The second-order valence-electron chi connectivity index (χ2n) is 3.69. The minimum Gasteiger partial charge on any atom is -0.389 e. The Balaban J connectivity index is 2.67. The van der Waals surface area contributed by atoms with Crippen LogP contribution in [0.2, 0.25) is 0 Å². The average Bonchev–Trinajstić information content (AvgIpc) is 2.26. The van der Waals surface area contributed by atoms with E-state index in [-0.39, 0.29) is 0 Å². The number of nitrogens with one attached hydrogen (secondary N) is 1. The van der Waals surface area contributed by atoms with Crippen LogP contribution in [0.4, 0.5) is 5.69 Å². The van der Waals surface area contributed by atoms with Crippen molar-refractivity contribution in [3.63, 3.8) is 0 Å². The molecule has 0 fully saturated rings. The predicted molar refractivity (Wildman–Crippen MR) is 78.6 cm³/mol. The second kappa shape index (κ2) is 6.76. The predicted octanol–water partition coefficient (Wildman–Crippen LogP) is 2.79. The van der Waals surface area contributed by atoms with Gasteiger partial charge in [0.25, 0.3) is 0 Å². The summed E-state index contributed by atoms with van der Waals surface area (Å²) in [6.45, 7) is 3.00. The molecule has 0 aromatic heterocycles. The van der Waals surface area contributed by atoms with Gasteiger partial charge in [-0.15, -0.1) is 0 Å². The first-order chi connectivity index (χ1) is 7.65. The first-order valence-electron chi connectivity index (χ1n) is 5.28. The lowest BCUT2D eigenvalue weighted by Gasteiger charge is -2.11. The minimum absolute atomic E-state index is 0.455. The molecule has 0 aliphatic carbocycles. The molecule has 0 heterocycles. The largest absolute Gasteiger partial charge is 0.389 e. The van der Waals surface area contributed by atoms with E-state index in [4.69, 9.17) is 18.0 Å². The third-order valence-electron chi connectivity index (χ3n) is 2.28. The van der Waals surface area contributed by atoms with Crippen LogP contribution in [0, 0.1) is 6.92 Å². The Morgan fingerprint density at radius 2 is 2.25 bits per heavy atom. The number of nitrogens with two attached hydrogens (primary N) is 1. The highest BCUT2D eigenvalue weighted by atomic mass is 32.2. The molecule has 0 atom stereocenters. The third-order valence-corrected chi connectivity index (χ3v) is 3.20. The van der Waals surface area contributed by atoms with Crippen LogP contribution in [0.25, 0.3) is 0 Å². The van der Waals surface area contributed by atoms with Gasteiger partial charge in [-0.05, 0) is 37.5 Å². The van der Waals surface area contributed by atoms with Crippen molar-refractivity contribution in [3.8, 4) is 0 Å². The molecule has 4 heteroatoms. The summed E-state index contributed by atoms with van der Waals surface area (Å²) >= 11 is 6.90. The molecule has 3 N–H and O–H groups in total. The number of anilines is 1. The van der Waals surface area contributed by atoms with Crippen LogP contribution in [-0.4, -0.2) is 23.5 Å². The molecular formula is C12H18N2S2. The van der Waals surface area contributed by atoms with Crippen LogP contribution in [0.5, 0.6) is 0 Å². The molecule has 0 radical (unpaired) electrons. The molecule has 0 spiro atoms. The van der Waals surface area contributed by atoms with E-state index in [0.29, 0.717) is 4.99 Å². The molecular weight excluding hydrogens is 236 g/mol. The molecule has 1 aromatic rings. The van der Waals surface area contributed by atoms with Crippen molar-refractivity contribution in [2.75, 3.05) is 23.9 Å². The maximum atomic E-state index is 5.70. The number of benzene rings is 1. The molecule has 0 saturated heterocycles. The van der Waals surface area contributed by atoms with Gasteiger partial charge in [0.05, 0.1) is 0 Å². The quantitative estimate of drug-likeness (QED) is 0.605. The summed E-state index contributed by atoms with van der Waals surface area (Å²) in [5, 5.41) is 3.38. The monoisotopic (exact) mass is 254 g/mol. The van der Waals surface area contributed by atoms with Gasteiger partial charge in [0, 0.05) is 17.8 Å². The fourth-order valence-electron chi connectivity index (χ4n) is 1.46. The fourth-order valence-corrected chi connectivity index (χ4v) is 2.06. The number of rotatable bonds is 6. The SMILES string of the molecule is CSCCCNc1ccc(C)cc1C(N)=S. The summed E-state index contributed by atoms with van der Waals surface area (Å²) in [7, 11) is 0. The molecule has 0 saturated carbocycles. The smallest absolute Gasteiger partial charge is 0.106 e. The Labute approximate surface area is 107 Å². The van der Waals surface area contributed by atoms with Gasteiger partial charge in [0.15, 0.2) is 0 Å². The topological polar surface area (TPSA) is 38.0 Å². The Morgan fingerprint density at radius 3 is 2.88 bits per heavy atom. The van der Waals surface area contributed by atoms with Crippen molar-refractivity contribution in [2.45, 2.75) is 13.3 Å². The summed E-state index contributed by atoms with van der Waals surface area (Å²) in [4.78, 5) is 0.455.